The Morgan fingerprint density at radius 1 is 0.267 bits per heavy atom. The van der Waals surface area contributed by atoms with Crippen LogP contribution in [0, 0.1) is 0 Å². The first kappa shape index (κ1) is 35.2. The number of hydrogen-bond donors (Lipinski definition) is 0. The molecule has 0 fully saturated rings. The van der Waals surface area contributed by atoms with Crippen molar-refractivity contribution in [3.63, 3.8) is 0 Å². The van der Waals surface area contributed by atoms with Crippen molar-refractivity contribution in [2.75, 3.05) is 4.90 Å². The molecule has 282 valence electrons. The Balaban J connectivity index is 1.01. The molecule has 10 aromatic carbocycles. The molecule has 11 aromatic rings. The molecule has 0 saturated heterocycles. The Kier molecular flexibility index (Phi) is 8.87. The molecule has 0 bridgehead atoms. The minimum atomic E-state index is 0.902. The van der Waals surface area contributed by atoms with E-state index in [9.17, 15) is 0 Å². The van der Waals surface area contributed by atoms with E-state index in [0.29, 0.717) is 0 Å². The van der Waals surface area contributed by atoms with Gasteiger partial charge in [-0.15, -0.1) is 0 Å². The van der Waals surface area contributed by atoms with E-state index in [1.807, 2.05) is 12.1 Å². The number of rotatable bonds is 8. The van der Waals surface area contributed by atoms with Crippen molar-refractivity contribution >= 4 is 49.8 Å². The van der Waals surface area contributed by atoms with Crippen LogP contribution in [-0.2, 0) is 0 Å². The van der Waals surface area contributed by atoms with Gasteiger partial charge in [0.1, 0.15) is 11.2 Å². The highest BCUT2D eigenvalue weighted by Gasteiger charge is 2.20. The zero-order valence-corrected chi connectivity index (χ0v) is 32.9. The Hall–Kier alpha value is -7.94. The van der Waals surface area contributed by atoms with Gasteiger partial charge in [0.2, 0.25) is 0 Å². The number of fused-ring (bicyclic) bond motifs is 4. The first-order valence-corrected chi connectivity index (χ1v) is 20.5. The predicted octanol–water partition coefficient (Wildman–Crippen LogP) is 16.5. The van der Waals surface area contributed by atoms with Crippen LogP contribution in [0.25, 0.3) is 88.3 Å². The highest BCUT2D eigenvalue weighted by Crippen LogP contribution is 2.44. The van der Waals surface area contributed by atoms with Gasteiger partial charge in [-0.2, -0.15) is 0 Å². The van der Waals surface area contributed by atoms with Crippen molar-refractivity contribution in [2.24, 2.45) is 0 Å². The van der Waals surface area contributed by atoms with Crippen LogP contribution in [-0.4, -0.2) is 0 Å². The van der Waals surface area contributed by atoms with E-state index in [-0.39, 0.29) is 0 Å². The standard InChI is InChI=1S/C58H39NO/c1-2-14-43(15-3-1)51-19-6-7-20-52(51)53-21-8-10-23-56(53)59(50-34-29-42(30-35-50)48-31-36-58-55(39-48)54-22-9-11-24-57(54)60-58)49-32-27-41(28-33-49)45-17-12-18-46(37-45)47-26-25-40-13-4-5-16-44(40)38-47/h1-39H. The molecule has 0 atom stereocenters. The fourth-order valence-corrected chi connectivity index (χ4v) is 8.67. The molecule has 0 saturated carbocycles. The molecule has 60 heavy (non-hydrogen) atoms. The molecule has 2 nitrogen and oxygen atoms in total. The van der Waals surface area contributed by atoms with E-state index < -0.39 is 0 Å². The van der Waals surface area contributed by atoms with Gasteiger partial charge in [0.25, 0.3) is 0 Å². The average molecular weight is 766 g/mol. The van der Waals surface area contributed by atoms with Crippen molar-refractivity contribution in [1.82, 2.24) is 0 Å². The molecule has 11 rings (SSSR count). The van der Waals surface area contributed by atoms with Crippen LogP contribution < -0.4 is 4.90 Å². The third kappa shape index (κ3) is 6.51. The van der Waals surface area contributed by atoms with Crippen LogP contribution in [0.15, 0.2) is 241 Å². The topological polar surface area (TPSA) is 16.4 Å². The lowest BCUT2D eigenvalue weighted by molar-refractivity contribution is 0.669. The summed E-state index contributed by atoms with van der Waals surface area (Å²) in [6.07, 6.45) is 0. The number of nitrogens with zero attached hydrogens (tertiary/aromatic N) is 1. The summed E-state index contributed by atoms with van der Waals surface area (Å²) in [7, 11) is 0. The molecule has 0 aliphatic carbocycles. The molecule has 0 amide bonds. The average Bonchev–Trinajstić information content (AvgIpc) is 3.70. The minimum Gasteiger partial charge on any atom is -0.456 e. The Bertz CT molecular complexity index is 3310. The lowest BCUT2D eigenvalue weighted by Crippen LogP contribution is -2.11. The second kappa shape index (κ2) is 15.1. The maximum Gasteiger partial charge on any atom is 0.135 e. The lowest BCUT2D eigenvalue weighted by atomic mass is 9.93. The van der Waals surface area contributed by atoms with Gasteiger partial charge in [-0.05, 0) is 122 Å². The van der Waals surface area contributed by atoms with Crippen LogP contribution >= 0.6 is 0 Å². The molecule has 0 N–H and O–H groups in total. The van der Waals surface area contributed by atoms with Crippen LogP contribution in [0.1, 0.15) is 0 Å². The van der Waals surface area contributed by atoms with Gasteiger partial charge in [-0.25, -0.2) is 0 Å². The van der Waals surface area contributed by atoms with Crippen LogP contribution in [0.4, 0.5) is 17.1 Å². The van der Waals surface area contributed by atoms with Crippen molar-refractivity contribution in [1.29, 1.82) is 0 Å². The molecule has 0 aliphatic heterocycles. The Labute approximate surface area is 349 Å². The third-order valence-corrected chi connectivity index (χ3v) is 11.7. The highest BCUT2D eigenvalue weighted by molar-refractivity contribution is 6.06. The van der Waals surface area contributed by atoms with Crippen molar-refractivity contribution < 1.29 is 4.42 Å². The lowest BCUT2D eigenvalue weighted by Gasteiger charge is -2.29. The van der Waals surface area contributed by atoms with E-state index in [0.717, 1.165) is 55.7 Å². The van der Waals surface area contributed by atoms with Crippen LogP contribution in [0.3, 0.4) is 0 Å². The summed E-state index contributed by atoms with van der Waals surface area (Å²) in [6.45, 7) is 0. The molecule has 1 aromatic heterocycles. The molecule has 0 radical (unpaired) electrons. The van der Waals surface area contributed by atoms with Crippen molar-refractivity contribution in [2.45, 2.75) is 0 Å². The van der Waals surface area contributed by atoms with Crippen molar-refractivity contribution in [3.05, 3.63) is 237 Å². The summed E-state index contributed by atoms with van der Waals surface area (Å²) in [4.78, 5) is 2.39. The summed E-state index contributed by atoms with van der Waals surface area (Å²) in [5.41, 5.74) is 16.9. The molecule has 0 aliphatic rings. The fourth-order valence-electron chi connectivity index (χ4n) is 8.67. The Morgan fingerprint density at radius 3 is 1.55 bits per heavy atom. The quantitative estimate of drug-likeness (QED) is 0.153. The zero-order chi connectivity index (χ0) is 39.8. The number of anilines is 3. The van der Waals surface area contributed by atoms with E-state index in [2.05, 4.69) is 229 Å². The fraction of sp³-hybridized carbons (Fsp3) is 0. The number of para-hydroxylation sites is 2. The first-order valence-electron chi connectivity index (χ1n) is 20.5. The summed E-state index contributed by atoms with van der Waals surface area (Å²) in [5, 5.41) is 4.76. The second-order valence-corrected chi connectivity index (χ2v) is 15.3. The molecule has 2 heteroatoms. The van der Waals surface area contributed by atoms with Crippen LogP contribution in [0.5, 0.6) is 0 Å². The number of furan rings is 1. The molecular formula is C58H39NO. The molecule has 0 spiro atoms. The van der Waals surface area contributed by atoms with Gasteiger partial charge in [-0.3, -0.25) is 0 Å². The Morgan fingerprint density at radius 2 is 0.783 bits per heavy atom. The third-order valence-electron chi connectivity index (χ3n) is 11.7. The zero-order valence-electron chi connectivity index (χ0n) is 32.9. The normalized spacial score (nSPS) is 11.3. The second-order valence-electron chi connectivity index (χ2n) is 15.3. The largest absolute Gasteiger partial charge is 0.456 e. The summed E-state index contributed by atoms with van der Waals surface area (Å²) >= 11 is 0. The van der Waals surface area contributed by atoms with E-state index in [1.54, 1.807) is 0 Å². The maximum atomic E-state index is 6.15. The number of benzene rings is 10. The van der Waals surface area contributed by atoms with Crippen molar-refractivity contribution in [3.8, 4) is 55.6 Å². The van der Waals surface area contributed by atoms with Gasteiger partial charge in [0.05, 0.1) is 5.69 Å². The van der Waals surface area contributed by atoms with E-state index in [4.69, 9.17) is 4.42 Å². The summed E-state index contributed by atoms with van der Waals surface area (Å²) in [5.74, 6) is 0. The van der Waals surface area contributed by atoms with Gasteiger partial charge in [0, 0.05) is 27.7 Å². The van der Waals surface area contributed by atoms with Gasteiger partial charge < -0.3 is 9.32 Å². The van der Waals surface area contributed by atoms with Gasteiger partial charge in [0.15, 0.2) is 0 Å². The molecule has 0 unspecified atom stereocenters. The number of hydrogen-bond acceptors (Lipinski definition) is 2. The van der Waals surface area contributed by atoms with Gasteiger partial charge in [-0.1, -0.05) is 176 Å². The predicted molar refractivity (Wildman–Crippen MR) is 253 cm³/mol. The van der Waals surface area contributed by atoms with E-state index in [1.165, 1.54) is 49.7 Å². The molecule has 1 heterocycles. The maximum absolute atomic E-state index is 6.15. The van der Waals surface area contributed by atoms with Gasteiger partial charge >= 0.3 is 0 Å². The first-order chi connectivity index (χ1) is 29.7. The highest BCUT2D eigenvalue weighted by atomic mass is 16.3. The molecular weight excluding hydrogens is 727 g/mol. The van der Waals surface area contributed by atoms with Crippen LogP contribution in [0.2, 0.25) is 0 Å². The SMILES string of the molecule is c1ccc(-c2ccccc2-c2ccccc2N(c2ccc(-c3cccc(-c4ccc5ccccc5c4)c3)cc2)c2ccc(-c3ccc4oc5ccccc5c4c3)cc2)cc1. The summed E-state index contributed by atoms with van der Waals surface area (Å²) in [6, 6.07) is 85.0. The summed E-state index contributed by atoms with van der Waals surface area (Å²) < 4.78 is 6.15. The smallest absolute Gasteiger partial charge is 0.135 e. The minimum absolute atomic E-state index is 0.902. The monoisotopic (exact) mass is 765 g/mol. The van der Waals surface area contributed by atoms with E-state index >= 15 is 0 Å².